The van der Waals surface area contributed by atoms with Crippen LogP contribution in [0.1, 0.15) is 26.2 Å². The Morgan fingerprint density at radius 3 is 2.38 bits per heavy atom. The van der Waals surface area contributed by atoms with Crippen molar-refractivity contribution in [2.24, 2.45) is 5.92 Å². The zero-order chi connectivity index (χ0) is 18.8. The second kappa shape index (κ2) is 7.26. The Morgan fingerprint density at radius 2 is 1.81 bits per heavy atom. The molecule has 0 bridgehead atoms. The predicted octanol–water partition coefficient (Wildman–Crippen LogP) is 1.62. The molecule has 2 fully saturated rings. The normalized spacial score (nSPS) is 25.7. The van der Waals surface area contributed by atoms with E-state index in [1.165, 1.54) is 0 Å². The molecule has 2 aliphatic heterocycles. The van der Waals surface area contributed by atoms with Gasteiger partial charge in [-0.15, -0.1) is 0 Å². The summed E-state index contributed by atoms with van der Waals surface area (Å²) < 4.78 is 23.3. The largest absolute Gasteiger partial charge is 0.350 e. The third-order valence-corrected chi connectivity index (χ3v) is 7.01. The quantitative estimate of drug-likeness (QED) is 0.834. The van der Waals surface area contributed by atoms with Crippen molar-refractivity contribution >= 4 is 27.5 Å². The fraction of sp³-hybridized carbons (Fsp3) is 0.556. The molecule has 7 nitrogen and oxygen atoms in total. The number of nitrogens with one attached hydrogen (secondary N) is 2. The first-order valence-corrected chi connectivity index (χ1v) is 10.7. The molecule has 0 saturated carbocycles. The van der Waals surface area contributed by atoms with Crippen molar-refractivity contribution in [3.8, 4) is 0 Å². The summed E-state index contributed by atoms with van der Waals surface area (Å²) in [6.07, 6.45) is 1.62. The topological polar surface area (TPSA) is 95.6 Å². The standard InChI is InChI=1S/C18H25N3O4S/c1-18(9-12-26(24,25)13-18)20-16(22)14-7-10-21(11-8-14)17(23)19-15-5-3-2-4-6-15/h2-6,14H,7-13H2,1H3,(H,19,23)(H,20,22)/t18-/m0/s1. The summed E-state index contributed by atoms with van der Waals surface area (Å²) >= 11 is 0. The second-order valence-electron chi connectivity index (χ2n) is 7.45. The summed E-state index contributed by atoms with van der Waals surface area (Å²) in [6.45, 7) is 2.80. The number of nitrogens with zero attached hydrogens (tertiary/aromatic N) is 1. The molecular weight excluding hydrogens is 354 g/mol. The summed E-state index contributed by atoms with van der Waals surface area (Å²) in [5.74, 6) is -0.157. The maximum atomic E-state index is 12.5. The molecule has 1 aromatic rings. The Morgan fingerprint density at radius 1 is 1.15 bits per heavy atom. The molecule has 0 aromatic heterocycles. The van der Waals surface area contributed by atoms with Crippen molar-refractivity contribution in [1.82, 2.24) is 10.2 Å². The number of carbonyl (C=O) groups excluding carboxylic acids is 2. The Balaban J connectivity index is 1.49. The van der Waals surface area contributed by atoms with E-state index in [9.17, 15) is 18.0 Å². The SMILES string of the molecule is C[C@]1(NC(=O)C2CCN(C(=O)Nc3ccccc3)CC2)CCS(=O)(=O)C1. The number of likely N-dealkylation sites (tertiary alicyclic amines) is 1. The van der Waals surface area contributed by atoms with Crippen molar-refractivity contribution in [3.63, 3.8) is 0 Å². The number of sulfone groups is 1. The smallest absolute Gasteiger partial charge is 0.321 e. The molecule has 2 heterocycles. The molecule has 3 rings (SSSR count). The minimum absolute atomic E-state index is 0.00403. The van der Waals surface area contributed by atoms with Crippen LogP contribution in [0.4, 0.5) is 10.5 Å². The monoisotopic (exact) mass is 379 g/mol. The first kappa shape index (κ1) is 18.7. The number of hydrogen-bond acceptors (Lipinski definition) is 4. The van der Waals surface area contributed by atoms with Gasteiger partial charge in [-0.25, -0.2) is 13.2 Å². The number of urea groups is 1. The van der Waals surface area contributed by atoms with Crippen molar-refractivity contribution in [1.29, 1.82) is 0 Å². The van der Waals surface area contributed by atoms with Gasteiger partial charge in [0.1, 0.15) is 0 Å². The minimum Gasteiger partial charge on any atom is -0.350 e. The molecule has 142 valence electrons. The average molecular weight is 379 g/mol. The summed E-state index contributed by atoms with van der Waals surface area (Å²) in [5, 5.41) is 5.78. The molecule has 8 heteroatoms. The highest BCUT2D eigenvalue weighted by Gasteiger charge is 2.40. The molecule has 26 heavy (non-hydrogen) atoms. The van der Waals surface area contributed by atoms with E-state index in [0.29, 0.717) is 32.4 Å². The van der Waals surface area contributed by atoms with Crippen LogP contribution in [0, 0.1) is 5.92 Å². The molecule has 0 aliphatic carbocycles. The molecule has 0 spiro atoms. The molecule has 1 aromatic carbocycles. The van der Waals surface area contributed by atoms with E-state index in [-0.39, 0.29) is 29.4 Å². The van der Waals surface area contributed by atoms with Crippen LogP contribution in [0.5, 0.6) is 0 Å². The highest BCUT2D eigenvalue weighted by molar-refractivity contribution is 7.91. The van der Waals surface area contributed by atoms with Gasteiger partial charge in [0.25, 0.3) is 0 Å². The number of rotatable bonds is 3. The number of carbonyl (C=O) groups is 2. The molecule has 2 aliphatic rings. The van der Waals surface area contributed by atoms with Gasteiger partial charge in [-0.3, -0.25) is 4.79 Å². The summed E-state index contributed by atoms with van der Waals surface area (Å²) in [5.41, 5.74) is 0.0744. The second-order valence-corrected chi connectivity index (χ2v) is 9.63. The van der Waals surface area contributed by atoms with Crippen molar-refractivity contribution in [2.75, 3.05) is 29.9 Å². The van der Waals surface area contributed by atoms with Gasteiger partial charge in [0.15, 0.2) is 9.84 Å². The van der Waals surface area contributed by atoms with Crippen LogP contribution in [0.3, 0.4) is 0 Å². The van der Waals surface area contributed by atoms with Gasteiger partial charge < -0.3 is 15.5 Å². The van der Waals surface area contributed by atoms with Gasteiger partial charge in [-0.2, -0.15) is 0 Å². The van der Waals surface area contributed by atoms with Crippen LogP contribution in [-0.4, -0.2) is 55.4 Å². The van der Waals surface area contributed by atoms with Crippen LogP contribution >= 0.6 is 0 Å². The molecule has 0 unspecified atom stereocenters. The zero-order valence-corrected chi connectivity index (χ0v) is 15.7. The maximum Gasteiger partial charge on any atom is 0.321 e. The van der Waals surface area contributed by atoms with Crippen LogP contribution in [0.25, 0.3) is 0 Å². The van der Waals surface area contributed by atoms with E-state index < -0.39 is 15.4 Å². The summed E-state index contributed by atoms with van der Waals surface area (Å²) in [4.78, 5) is 26.5. The lowest BCUT2D eigenvalue weighted by molar-refractivity contribution is -0.127. The Hall–Kier alpha value is -2.09. The highest BCUT2D eigenvalue weighted by atomic mass is 32.2. The fourth-order valence-electron chi connectivity index (χ4n) is 3.58. The number of amides is 3. The van der Waals surface area contributed by atoms with Crippen molar-refractivity contribution in [3.05, 3.63) is 30.3 Å². The third-order valence-electron chi connectivity index (χ3n) is 5.11. The van der Waals surface area contributed by atoms with E-state index in [1.807, 2.05) is 30.3 Å². The Kier molecular flexibility index (Phi) is 5.22. The number of piperidine rings is 1. The summed E-state index contributed by atoms with van der Waals surface area (Å²) in [6, 6.07) is 9.09. The minimum atomic E-state index is -3.06. The highest BCUT2D eigenvalue weighted by Crippen LogP contribution is 2.25. The molecule has 3 amide bonds. The van der Waals surface area contributed by atoms with Crippen molar-refractivity contribution < 1.29 is 18.0 Å². The van der Waals surface area contributed by atoms with Gasteiger partial charge in [-0.1, -0.05) is 18.2 Å². The molecule has 0 radical (unpaired) electrons. The van der Waals surface area contributed by atoms with Gasteiger partial charge in [0.2, 0.25) is 5.91 Å². The number of hydrogen-bond donors (Lipinski definition) is 2. The van der Waals surface area contributed by atoms with Gasteiger partial charge in [0.05, 0.1) is 17.0 Å². The summed E-state index contributed by atoms with van der Waals surface area (Å²) in [7, 11) is -3.06. The third kappa shape index (κ3) is 4.55. The Bertz CT molecular complexity index is 773. The first-order valence-electron chi connectivity index (χ1n) is 8.90. The van der Waals surface area contributed by atoms with Crippen LogP contribution < -0.4 is 10.6 Å². The molecule has 1 atom stereocenters. The zero-order valence-electron chi connectivity index (χ0n) is 14.9. The molecule has 2 N–H and O–H groups in total. The van der Waals surface area contributed by atoms with E-state index in [4.69, 9.17) is 0 Å². The predicted molar refractivity (Wildman–Crippen MR) is 99.6 cm³/mol. The lowest BCUT2D eigenvalue weighted by atomic mass is 9.93. The van der Waals surface area contributed by atoms with E-state index >= 15 is 0 Å². The number of para-hydroxylation sites is 1. The van der Waals surface area contributed by atoms with Gasteiger partial charge >= 0.3 is 6.03 Å². The van der Waals surface area contributed by atoms with E-state index in [0.717, 1.165) is 5.69 Å². The van der Waals surface area contributed by atoms with E-state index in [2.05, 4.69) is 10.6 Å². The number of anilines is 1. The Labute approximate surface area is 154 Å². The fourth-order valence-corrected chi connectivity index (χ4v) is 5.67. The van der Waals surface area contributed by atoms with Crippen LogP contribution in [0.15, 0.2) is 30.3 Å². The van der Waals surface area contributed by atoms with Crippen molar-refractivity contribution in [2.45, 2.75) is 31.7 Å². The number of benzene rings is 1. The molecular formula is C18H25N3O4S. The molecule has 2 saturated heterocycles. The van der Waals surface area contributed by atoms with Gasteiger partial charge in [0, 0.05) is 24.7 Å². The van der Waals surface area contributed by atoms with Gasteiger partial charge in [-0.05, 0) is 38.3 Å². The van der Waals surface area contributed by atoms with Crippen LogP contribution in [0.2, 0.25) is 0 Å². The van der Waals surface area contributed by atoms with Crippen LogP contribution in [-0.2, 0) is 14.6 Å². The first-order chi connectivity index (χ1) is 12.3. The van der Waals surface area contributed by atoms with E-state index in [1.54, 1.807) is 11.8 Å². The lowest BCUT2D eigenvalue weighted by Crippen LogP contribution is -2.51. The average Bonchev–Trinajstić information content (AvgIpc) is 2.88. The maximum absolute atomic E-state index is 12.5. The lowest BCUT2D eigenvalue weighted by Gasteiger charge is -2.33.